The summed E-state index contributed by atoms with van der Waals surface area (Å²) < 4.78 is 4.73. The molecule has 0 saturated carbocycles. The molecule has 0 rings (SSSR count). The van der Waals surface area contributed by atoms with Crippen LogP contribution in [0.3, 0.4) is 0 Å². The molecule has 0 saturated heterocycles. The van der Waals surface area contributed by atoms with E-state index < -0.39 is 18.1 Å². The summed E-state index contributed by atoms with van der Waals surface area (Å²) in [6, 6.07) is -1.13. The van der Waals surface area contributed by atoms with Gasteiger partial charge in [-0.15, -0.1) is 0 Å². The fourth-order valence-electron chi connectivity index (χ4n) is 0.980. The first-order chi connectivity index (χ1) is 9.40. The molecule has 0 aromatic heterocycles. The Hall–Kier alpha value is -0.440. The Morgan fingerprint density at radius 3 is 1.90 bits per heavy atom. The molecule has 0 bridgehead atoms. The first-order valence-electron chi connectivity index (χ1n) is 6.29. The lowest BCUT2D eigenvalue weighted by Crippen LogP contribution is -2.32. The van der Waals surface area contributed by atoms with Crippen LogP contribution in [0.25, 0.3) is 0 Å². The smallest absolute Gasteiger partial charge is 0.322 e. The summed E-state index contributed by atoms with van der Waals surface area (Å²) in [7, 11) is 0. The molecule has 0 aromatic rings. The van der Waals surface area contributed by atoms with Crippen molar-refractivity contribution in [3.8, 4) is 0 Å². The van der Waals surface area contributed by atoms with Gasteiger partial charge in [0, 0.05) is 0 Å². The molecule has 0 fully saturated rings. The zero-order valence-electron chi connectivity index (χ0n) is 12.3. The summed E-state index contributed by atoms with van der Waals surface area (Å²) in [5, 5.41) is 8.27. The van der Waals surface area contributed by atoms with Crippen LogP contribution in [-0.2, 0) is 14.3 Å². The van der Waals surface area contributed by atoms with Crippen LogP contribution in [0.2, 0.25) is 0 Å². The predicted octanol–water partition coefficient (Wildman–Crippen LogP) is 0.781. The third kappa shape index (κ3) is 14.0. The van der Waals surface area contributed by atoms with Crippen molar-refractivity contribution < 1.29 is 19.4 Å². The van der Waals surface area contributed by atoms with E-state index in [1.807, 2.05) is 12.5 Å². The first kappa shape index (κ1) is 21.9. The quantitative estimate of drug-likeness (QED) is 0.532. The van der Waals surface area contributed by atoms with Crippen LogP contribution in [0.5, 0.6) is 0 Å². The maximum absolute atomic E-state index is 10.9. The van der Waals surface area contributed by atoms with Gasteiger partial charge in [0.15, 0.2) is 0 Å². The zero-order valence-corrected chi connectivity index (χ0v) is 14.0. The molecule has 0 heterocycles. The molecule has 0 aliphatic carbocycles. The second kappa shape index (κ2) is 15.0. The summed E-state index contributed by atoms with van der Waals surface area (Å²) in [6.45, 7) is 2.19. The Kier molecular flexibility index (Phi) is 16.3. The third-order valence-electron chi connectivity index (χ3n) is 2.17. The van der Waals surface area contributed by atoms with Gasteiger partial charge in [0.2, 0.25) is 0 Å². The van der Waals surface area contributed by atoms with Crippen molar-refractivity contribution in [1.82, 2.24) is 0 Å². The van der Waals surface area contributed by atoms with Crippen molar-refractivity contribution in [3.63, 3.8) is 0 Å². The van der Waals surface area contributed by atoms with Gasteiger partial charge >= 0.3 is 11.9 Å². The highest BCUT2D eigenvalue weighted by molar-refractivity contribution is 7.98. The largest absolute Gasteiger partial charge is 0.480 e. The minimum absolute atomic E-state index is 0.290. The Labute approximate surface area is 129 Å². The maximum Gasteiger partial charge on any atom is 0.322 e. The molecule has 6 nitrogen and oxygen atoms in total. The van der Waals surface area contributed by atoms with E-state index in [9.17, 15) is 9.59 Å². The molecular weight excluding hydrogens is 300 g/mol. The van der Waals surface area contributed by atoms with Gasteiger partial charge in [-0.2, -0.15) is 23.5 Å². The number of rotatable bonds is 9. The van der Waals surface area contributed by atoms with Crippen LogP contribution in [0, 0.1) is 0 Å². The molecule has 0 aliphatic heterocycles. The summed E-state index contributed by atoms with van der Waals surface area (Å²) >= 11 is 3.28. The molecule has 2 atom stereocenters. The number of carbonyl (C=O) groups excluding carboxylic acids is 1. The van der Waals surface area contributed by atoms with Crippen LogP contribution < -0.4 is 11.5 Å². The molecule has 0 amide bonds. The molecule has 0 aliphatic rings. The molecule has 120 valence electrons. The normalized spacial score (nSPS) is 12.8. The molecule has 0 radical (unpaired) electrons. The number of nitrogens with two attached hydrogens (primary N) is 2. The summed E-state index contributed by atoms with van der Waals surface area (Å²) in [6.07, 6.45) is 5.16. The van der Waals surface area contributed by atoms with E-state index in [4.69, 9.17) is 21.3 Å². The van der Waals surface area contributed by atoms with E-state index in [0.717, 1.165) is 11.5 Å². The van der Waals surface area contributed by atoms with Crippen LogP contribution in [0.15, 0.2) is 0 Å². The third-order valence-corrected chi connectivity index (χ3v) is 3.46. The maximum atomic E-state index is 10.9. The van der Waals surface area contributed by atoms with Gasteiger partial charge < -0.3 is 21.3 Å². The number of thioether (sulfide) groups is 2. The Balaban J connectivity index is 0. The number of ether oxygens (including phenoxy) is 1. The Morgan fingerprint density at radius 1 is 1.10 bits per heavy atom. The number of hydrogen-bond acceptors (Lipinski definition) is 7. The highest BCUT2D eigenvalue weighted by atomic mass is 32.2. The second-order valence-corrected chi connectivity index (χ2v) is 5.84. The lowest BCUT2D eigenvalue weighted by molar-refractivity contribution is -0.144. The number of esters is 1. The van der Waals surface area contributed by atoms with Crippen molar-refractivity contribution >= 4 is 35.5 Å². The average molecular weight is 326 g/mol. The predicted molar refractivity (Wildman–Crippen MR) is 86.2 cm³/mol. The van der Waals surface area contributed by atoms with Crippen molar-refractivity contribution in [2.75, 3.05) is 30.6 Å². The Morgan fingerprint density at radius 2 is 1.55 bits per heavy atom. The minimum Gasteiger partial charge on any atom is -0.480 e. The van der Waals surface area contributed by atoms with E-state index in [1.165, 1.54) is 0 Å². The molecule has 0 spiro atoms. The lowest BCUT2D eigenvalue weighted by atomic mass is 10.2. The van der Waals surface area contributed by atoms with Gasteiger partial charge in [0.25, 0.3) is 0 Å². The summed E-state index contributed by atoms with van der Waals surface area (Å²) in [5.74, 6) is 0.513. The van der Waals surface area contributed by atoms with Crippen LogP contribution in [0.1, 0.15) is 19.8 Å². The molecule has 0 aromatic carbocycles. The van der Waals surface area contributed by atoms with E-state index >= 15 is 0 Å². The van der Waals surface area contributed by atoms with Crippen LogP contribution in [-0.4, -0.2) is 59.8 Å². The van der Waals surface area contributed by atoms with Crippen LogP contribution in [0.4, 0.5) is 0 Å². The van der Waals surface area contributed by atoms with Gasteiger partial charge in [-0.3, -0.25) is 9.59 Å². The number of carboxylic acid groups (broad SMARTS) is 1. The van der Waals surface area contributed by atoms with Crippen molar-refractivity contribution in [3.05, 3.63) is 0 Å². The van der Waals surface area contributed by atoms with Gasteiger partial charge in [-0.25, -0.2) is 0 Å². The topological polar surface area (TPSA) is 116 Å². The second-order valence-electron chi connectivity index (χ2n) is 3.87. The molecule has 5 N–H and O–H groups in total. The molecule has 20 heavy (non-hydrogen) atoms. The van der Waals surface area contributed by atoms with E-state index in [0.29, 0.717) is 19.4 Å². The van der Waals surface area contributed by atoms with E-state index in [-0.39, 0.29) is 5.97 Å². The number of carboxylic acids is 1. The summed E-state index contributed by atoms with van der Waals surface area (Å²) in [4.78, 5) is 21.0. The number of carbonyl (C=O) groups is 2. The van der Waals surface area contributed by atoms with Crippen LogP contribution >= 0.6 is 23.5 Å². The van der Waals surface area contributed by atoms with Crippen molar-refractivity contribution in [2.24, 2.45) is 11.5 Å². The summed E-state index contributed by atoms with van der Waals surface area (Å²) in [5.41, 5.74) is 10.7. The minimum atomic E-state index is -0.913. The molecule has 2 unspecified atom stereocenters. The van der Waals surface area contributed by atoms with E-state index in [1.54, 1.807) is 30.4 Å². The highest BCUT2D eigenvalue weighted by Gasteiger charge is 2.12. The lowest BCUT2D eigenvalue weighted by Gasteiger charge is -2.08. The van der Waals surface area contributed by atoms with Gasteiger partial charge in [0.1, 0.15) is 12.1 Å². The molecular formula is C12H26N2O4S2. The molecule has 8 heteroatoms. The van der Waals surface area contributed by atoms with Gasteiger partial charge in [-0.05, 0) is 43.8 Å². The first-order valence-corrected chi connectivity index (χ1v) is 9.07. The number of hydrogen-bond donors (Lipinski definition) is 3. The van der Waals surface area contributed by atoms with Crippen molar-refractivity contribution in [2.45, 2.75) is 31.8 Å². The van der Waals surface area contributed by atoms with Gasteiger partial charge in [0.05, 0.1) is 6.61 Å². The highest BCUT2D eigenvalue weighted by Crippen LogP contribution is 2.00. The fraction of sp³-hybridized carbons (Fsp3) is 0.833. The average Bonchev–Trinajstić information content (AvgIpc) is 2.42. The fourth-order valence-corrected chi connectivity index (χ4v) is 1.96. The standard InChI is InChI=1S/C7H15NO2S.C5H11NO2S/c1-3-10-7(9)6(8)4-5-11-2;1-9-3-2-4(6)5(7)8/h6H,3-5,8H2,1-2H3;4H,2-3,6H2,1H3,(H,7,8). The monoisotopic (exact) mass is 326 g/mol. The van der Waals surface area contributed by atoms with Crippen molar-refractivity contribution in [1.29, 1.82) is 0 Å². The zero-order chi connectivity index (χ0) is 16.0. The van der Waals surface area contributed by atoms with Gasteiger partial charge in [-0.1, -0.05) is 0 Å². The SMILES string of the molecule is CCOC(=O)C(N)CCSC.CSCCC(N)C(=O)O. The Bertz CT molecular complexity index is 268. The van der Waals surface area contributed by atoms with E-state index in [2.05, 4.69) is 0 Å². The number of aliphatic carboxylic acids is 1.